The highest BCUT2D eigenvalue weighted by Gasteiger charge is 2.34. The second-order valence-corrected chi connectivity index (χ2v) is 9.95. The molecule has 0 unspecified atom stereocenters. The fraction of sp³-hybridized carbons (Fsp3) is 0.333. The van der Waals surface area contributed by atoms with Crippen molar-refractivity contribution in [1.29, 1.82) is 0 Å². The molecule has 1 fully saturated rings. The van der Waals surface area contributed by atoms with Gasteiger partial charge in [0.1, 0.15) is 30.0 Å². The van der Waals surface area contributed by atoms with Gasteiger partial charge < -0.3 is 14.8 Å². The third kappa shape index (κ3) is 6.43. The van der Waals surface area contributed by atoms with Crippen LogP contribution in [0.5, 0.6) is 5.75 Å². The number of carbonyl (C=O) groups is 2. The molecule has 1 aliphatic heterocycles. The number of fused-ring (bicyclic) bond motifs is 1. The first kappa shape index (κ1) is 26.4. The standard InChI is InChI=1S/C30H33N5O4/c1-21(36)27-18-34(13-11-23(27)15-28(37)39-19-22-7-4-3-5-8-22)17-24-12-14-35-29(24)30(31-20-32-35)33-25-9-6-10-26(16-25)38-2/h3-10,12,14,16,20,23,27H,11,13,15,17-19H2,1-2H3,(H,31,32,33)/t23-,27-/m0/s1. The van der Waals surface area contributed by atoms with E-state index in [9.17, 15) is 9.59 Å². The fourth-order valence-electron chi connectivity index (χ4n) is 5.24. The van der Waals surface area contributed by atoms with Crippen LogP contribution < -0.4 is 10.1 Å². The van der Waals surface area contributed by atoms with Crippen LogP contribution in [-0.4, -0.2) is 51.4 Å². The number of hydrogen-bond acceptors (Lipinski definition) is 8. The number of anilines is 2. The van der Waals surface area contributed by atoms with E-state index in [2.05, 4.69) is 20.3 Å². The van der Waals surface area contributed by atoms with E-state index in [4.69, 9.17) is 9.47 Å². The Hall–Kier alpha value is -4.24. The monoisotopic (exact) mass is 527 g/mol. The minimum atomic E-state index is -0.257. The Kier molecular flexibility index (Phi) is 8.17. The molecule has 3 heterocycles. The van der Waals surface area contributed by atoms with Gasteiger partial charge in [0, 0.05) is 43.4 Å². The smallest absolute Gasteiger partial charge is 0.306 e. The number of likely N-dealkylation sites (tertiary alicyclic amines) is 1. The maximum absolute atomic E-state index is 12.6. The highest BCUT2D eigenvalue weighted by molar-refractivity contribution is 5.80. The minimum Gasteiger partial charge on any atom is -0.497 e. The Morgan fingerprint density at radius 1 is 1.10 bits per heavy atom. The summed E-state index contributed by atoms with van der Waals surface area (Å²) in [4.78, 5) is 32.0. The van der Waals surface area contributed by atoms with E-state index >= 15 is 0 Å². The molecule has 0 radical (unpaired) electrons. The van der Waals surface area contributed by atoms with Crippen LogP contribution in [0.2, 0.25) is 0 Å². The van der Waals surface area contributed by atoms with Crippen LogP contribution >= 0.6 is 0 Å². The summed E-state index contributed by atoms with van der Waals surface area (Å²) in [6, 6.07) is 19.3. The molecule has 0 bridgehead atoms. The first-order valence-electron chi connectivity index (χ1n) is 13.1. The first-order chi connectivity index (χ1) is 19.0. The number of benzene rings is 2. The lowest BCUT2D eigenvalue weighted by atomic mass is 9.81. The Morgan fingerprint density at radius 3 is 2.74 bits per heavy atom. The van der Waals surface area contributed by atoms with E-state index in [1.54, 1.807) is 14.0 Å². The molecule has 2 aromatic heterocycles. The zero-order valence-electron chi connectivity index (χ0n) is 22.2. The summed E-state index contributed by atoms with van der Waals surface area (Å²) in [7, 11) is 1.64. The molecule has 1 aliphatic rings. The van der Waals surface area contributed by atoms with Gasteiger partial charge in [-0.05, 0) is 55.1 Å². The van der Waals surface area contributed by atoms with Crippen molar-refractivity contribution < 1.29 is 19.1 Å². The van der Waals surface area contributed by atoms with Crippen LogP contribution in [0.15, 0.2) is 73.2 Å². The fourth-order valence-corrected chi connectivity index (χ4v) is 5.24. The third-order valence-corrected chi connectivity index (χ3v) is 7.30. The number of methoxy groups -OCH3 is 1. The largest absolute Gasteiger partial charge is 0.497 e. The van der Waals surface area contributed by atoms with E-state index < -0.39 is 0 Å². The summed E-state index contributed by atoms with van der Waals surface area (Å²) in [6.07, 6.45) is 4.44. The molecule has 1 saturated heterocycles. The van der Waals surface area contributed by atoms with Crippen LogP contribution in [0, 0.1) is 11.8 Å². The number of aromatic nitrogens is 3. The van der Waals surface area contributed by atoms with Gasteiger partial charge >= 0.3 is 5.97 Å². The summed E-state index contributed by atoms with van der Waals surface area (Å²) < 4.78 is 12.7. The van der Waals surface area contributed by atoms with Crippen molar-refractivity contribution >= 4 is 28.8 Å². The van der Waals surface area contributed by atoms with E-state index in [0.29, 0.717) is 18.9 Å². The molecule has 4 aromatic rings. The van der Waals surface area contributed by atoms with Gasteiger partial charge in [0.15, 0.2) is 5.82 Å². The normalized spacial score (nSPS) is 17.6. The lowest BCUT2D eigenvalue weighted by Gasteiger charge is -2.37. The number of nitrogens with one attached hydrogen (secondary N) is 1. The van der Waals surface area contributed by atoms with E-state index in [0.717, 1.165) is 41.0 Å². The molecule has 202 valence electrons. The van der Waals surface area contributed by atoms with Crippen molar-refractivity contribution in [2.24, 2.45) is 11.8 Å². The zero-order chi connectivity index (χ0) is 27.2. The number of Topliss-reactive ketones (excluding diaryl/α,β-unsaturated/α-hetero) is 1. The Balaban J connectivity index is 1.25. The molecular formula is C30H33N5O4. The van der Waals surface area contributed by atoms with Gasteiger partial charge in [0.2, 0.25) is 0 Å². The topological polar surface area (TPSA) is 98.1 Å². The molecule has 9 nitrogen and oxygen atoms in total. The first-order valence-corrected chi connectivity index (χ1v) is 13.1. The summed E-state index contributed by atoms with van der Waals surface area (Å²) >= 11 is 0. The summed E-state index contributed by atoms with van der Waals surface area (Å²) in [5.41, 5.74) is 3.75. The van der Waals surface area contributed by atoms with Crippen molar-refractivity contribution in [3.05, 3.63) is 84.3 Å². The number of esters is 1. The van der Waals surface area contributed by atoms with Crippen molar-refractivity contribution in [3.8, 4) is 5.75 Å². The molecule has 2 atom stereocenters. The van der Waals surface area contributed by atoms with Gasteiger partial charge in [-0.25, -0.2) is 9.50 Å². The Morgan fingerprint density at radius 2 is 1.95 bits per heavy atom. The molecule has 39 heavy (non-hydrogen) atoms. The van der Waals surface area contributed by atoms with Gasteiger partial charge in [-0.2, -0.15) is 5.10 Å². The average Bonchev–Trinajstić information content (AvgIpc) is 3.37. The van der Waals surface area contributed by atoms with Crippen LogP contribution in [0.25, 0.3) is 5.52 Å². The molecule has 0 aliphatic carbocycles. The highest BCUT2D eigenvalue weighted by Crippen LogP contribution is 2.31. The lowest BCUT2D eigenvalue weighted by molar-refractivity contribution is -0.147. The number of rotatable bonds is 10. The molecule has 0 spiro atoms. The van der Waals surface area contributed by atoms with Gasteiger partial charge in [-0.1, -0.05) is 36.4 Å². The van der Waals surface area contributed by atoms with Crippen molar-refractivity contribution in [1.82, 2.24) is 19.5 Å². The van der Waals surface area contributed by atoms with E-state index in [1.165, 1.54) is 6.33 Å². The third-order valence-electron chi connectivity index (χ3n) is 7.30. The molecule has 2 aromatic carbocycles. The van der Waals surface area contributed by atoms with Gasteiger partial charge in [-0.15, -0.1) is 0 Å². The second kappa shape index (κ2) is 12.1. The molecule has 0 amide bonds. The number of piperidine rings is 1. The summed E-state index contributed by atoms with van der Waals surface area (Å²) in [6.45, 7) is 3.89. The van der Waals surface area contributed by atoms with Crippen LogP contribution in [0.1, 0.15) is 30.9 Å². The molecule has 5 rings (SSSR count). The summed E-state index contributed by atoms with van der Waals surface area (Å²) in [5.74, 6) is 1.04. The predicted octanol–water partition coefficient (Wildman–Crippen LogP) is 4.64. The van der Waals surface area contributed by atoms with E-state index in [1.807, 2.05) is 71.4 Å². The second-order valence-electron chi connectivity index (χ2n) is 9.95. The minimum absolute atomic E-state index is 0.0265. The Labute approximate surface area is 227 Å². The van der Waals surface area contributed by atoms with Crippen molar-refractivity contribution in [3.63, 3.8) is 0 Å². The lowest BCUT2D eigenvalue weighted by Crippen LogP contribution is -2.43. The van der Waals surface area contributed by atoms with Crippen LogP contribution in [-0.2, 0) is 27.5 Å². The van der Waals surface area contributed by atoms with Crippen molar-refractivity contribution in [2.45, 2.75) is 32.9 Å². The van der Waals surface area contributed by atoms with Crippen molar-refractivity contribution in [2.75, 3.05) is 25.5 Å². The van der Waals surface area contributed by atoms with Gasteiger partial charge in [-0.3, -0.25) is 14.5 Å². The molecule has 9 heteroatoms. The zero-order valence-corrected chi connectivity index (χ0v) is 22.2. The van der Waals surface area contributed by atoms with E-state index in [-0.39, 0.29) is 36.6 Å². The summed E-state index contributed by atoms with van der Waals surface area (Å²) in [5, 5.41) is 7.76. The molecule has 0 saturated carbocycles. The SMILES string of the molecule is COc1cccc(Nc2ncnn3ccc(CN4CC[C@@H](CC(=O)OCc5ccccc5)[C@H](C(C)=O)C4)c23)c1. The molecular weight excluding hydrogens is 494 g/mol. The number of ketones is 1. The predicted molar refractivity (Wildman–Crippen MR) is 148 cm³/mol. The number of ether oxygens (including phenoxy) is 2. The molecule has 1 N–H and O–H groups in total. The van der Waals surface area contributed by atoms with Gasteiger partial charge in [0.25, 0.3) is 0 Å². The number of carbonyl (C=O) groups excluding carboxylic acids is 2. The average molecular weight is 528 g/mol. The number of hydrogen-bond donors (Lipinski definition) is 1. The Bertz CT molecular complexity index is 1440. The van der Waals surface area contributed by atoms with Gasteiger partial charge in [0.05, 0.1) is 7.11 Å². The maximum atomic E-state index is 12.6. The highest BCUT2D eigenvalue weighted by atomic mass is 16.5. The number of nitrogens with zero attached hydrogens (tertiary/aromatic N) is 4. The van der Waals surface area contributed by atoms with Crippen LogP contribution in [0.3, 0.4) is 0 Å². The van der Waals surface area contributed by atoms with Crippen LogP contribution in [0.4, 0.5) is 11.5 Å². The maximum Gasteiger partial charge on any atom is 0.306 e. The quantitative estimate of drug-likeness (QED) is 0.298.